The molecule has 0 fully saturated rings. The van der Waals surface area contributed by atoms with Crippen LogP contribution in [0.25, 0.3) is 0 Å². The van der Waals surface area contributed by atoms with Gasteiger partial charge in [-0.3, -0.25) is 9.59 Å². The first-order chi connectivity index (χ1) is 5.27. The second-order valence-electron chi connectivity index (χ2n) is 1.90. The van der Waals surface area contributed by atoms with E-state index >= 15 is 0 Å². The number of carbonyl (C=O) groups excluding carboxylic acids is 2. The summed E-state index contributed by atoms with van der Waals surface area (Å²) in [7, 11) is 0. The molecule has 0 bridgehead atoms. The van der Waals surface area contributed by atoms with Crippen molar-refractivity contribution in [2.24, 2.45) is 0 Å². The third kappa shape index (κ3) is 1.74. The van der Waals surface area contributed by atoms with E-state index in [1.54, 1.807) is 12.6 Å². The second kappa shape index (κ2) is 3.44. The minimum Gasteiger partial charge on any atom is -0.285 e. The Morgan fingerprint density at radius 3 is 2.36 bits per heavy atom. The first kappa shape index (κ1) is 8.14. The van der Waals surface area contributed by atoms with Gasteiger partial charge in [-0.15, -0.1) is 0 Å². The average molecular weight is 211 g/mol. The third-order valence-electron chi connectivity index (χ3n) is 1.20. The number of hydrogen-bond donors (Lipinski definition) is 0. The molecular formula is C8H3BrO2. The highest BCUT2D eigenvalue weighted by Gasteiger charge is 1.99. The topological polar surface area (TPSA) is 34.1 Å². The van der Waals surface area contributed by atoms with Crippen molar-refractivity contribution >= 4 is 28.5 Å². The van der Waals surface area contributed by atoms with Crippen molar-refractivity contribution in [1.82, 2.24) is 0 Å². The van der Waals surface area contributed by atoms with Crippen LogP contribution in [0.15, 0.2) is 22.7 Å². The fourth-order valence-electron chi connectivity index (χ4n) is 0.661. The van der Waals surface area contributed by atoms with Crippen molar-refractivity contribution in [2.75, 3.05) is 0 Å². The molecule has 0 heterocycles. The molecule has 11 heavy (non-hydrogen) atoms. The Hall–Kier alpha value is -0.960. The Bertz CT molecular complexity index is 294. The van der Waals surface area contributed by atoms with Crippen LogP contribution in [0.4, 0.5) is 0 Å². The molecule has 0 unspecified atom stereocenters. The van der Waals surface area contributed by atoms with Gasteiger partial charge in [-0.05, 0) is 12.1 Å². The van der Waals surface area contributed by atoms with Crippen LogP contribution < -0.4 is 0 Å². The Morgan fingerprint density at radius 2 is 1.91 bits per heavy atom. The van der Waals surface area contributed by atoms with Gasteiger partial charge in [0.1, 0.15) is 0 Å². The third-order valence-corrected chi connectivity index (χ3v) is 1.85. The summed E-state index contributed by atoms with van der Waals surface area (Å²) in [5.74, 6) is 0. The normalized spacial score (nSPS) is 9.18. The lowest BCUT2D eigenvalue weighted by atomic mass is 10.2. The standard InChI is InChI=1S/C8H3BrO2/c9-8-3-6(4-10)1-2-7(8)5-11/h1-3H. The van der Waals surface area contributed by atoms with Crippen LogP contribution in [0, 0.1) is 0 Å². The zero-order chi connectivity index (χ0) is 8.27. The van der Waals surface area contributed by atoms with Crippen LogP contribution in [-0.2, 0) is 9.59 Å². The molecule has 0 aliphatic heterocycles. The number of halogens is 1. The van der Waals surface area contributed by atoms with E-state index in [2.05, 4.69) is 15.9 Å². The summed E-state index contributed by atoms with van der Waals surface area (Å²) in [5.41, 5.74) is 0.819. The van der Waals surface area contributed by atoms with E-state index in [1.807, 2.05) is 0 Å². The summed E-state index contributed by atoms with van der Waals surface area (Å²) >= 11 is 3.11. The molecular weight excluding hydrogens is 208 g/mol. The molecule has 1 aromatic rings. The minimum absolute atomic E-state index is 0.406. The minimum atomic E-state index is 0.406. The molecule has 1 rings (SSSR count). The molecule has 0 atom stereocenters. The Kier molecular flexibility index (Phi) is 2.54. The summed E-state index contributed by atoms with van der Waals surface area (Å²) in [4.78, 5) is 20.3. The van der Waals surface area contributed by atoms with Gasteiger partial charge in [-0.2, -0.15) is 0 Å². The summed E-state index contributed by atoms with van der Waals surface area (Å²) in [6, 6.07) is 4.54. The molecule has 0 saturated carbocycles. The largest absolute Gasteiger partial charge is 0.285 e. The van der Waals surface area contributed by atoms with Crippen LogP contribution in [0.1, 0.15) is 11.1 Å². The van der Waals surface area contributed by atoms with E-state index in [9.17, 15) is 9.59 Å². The van der Waals surface area contributed by atoms with Gasteiger partial charge in [0.2, 0.25) is 12.6 Å². The van der Waals surface area contributed by atoms with Crippen molar-refractivity contribution in [3.05, 3.63) is 33.8 Å². The number of rotatable bonds is 2. The predicted octanol–water partition coefficient (Wildman–Crippen LogP) is 1.36. The SMILES string of the molecule is O=[C]c1ccc([C]=O)c(Br)c1. The molecule has 0 N–H and O–H groups in total. The molecule has 1 aromatic carbocycles. The van der Waals surface area contributed by atoms with Crippen LogP contribution in [0.3, 0.4) is 0 Å². The smallest absolute Gasteiger partial charge is 0.234 e. The van der Waals surface area contributed by atoms with Crippen molar-refractivity contribution in [3.63, 3.8) is 0 Å². The van der Waals surface area contributed by atoms with Gasteiger partial charge in [-0.25, -0.2) is 0 Å². The van der Waals surface area contributed by atoms with Crippen molar-refractivity contribution in [2.45, 2.75) is 0 Å². The highest BCUT2D eigenvalue weighted by atomic mass is 79.9. The Balaban J connectivity index is 3.18. The first-order valence-electron chi connectivity index (χ1n) is 2.84. The predicted molar refractivity (Wildman–Crippen MR) is 43.7 cm³/mol. The van der Waals surface area contributed by atoms with E-state index in [4.69, 9.17) is 0 Å². The molecule has 0 spiro atoms. The molecule has 54 valence electrons. The van der Waals surface area contributed by atoms with Crippen molar-refractivity contribution in [3.8, 4) is 0 Å². The quantitative estimate of drug-likeness (QED) is 0.740. The summed E-state index contributed by atoms with van der Waals surface area (Å²) in [6.45, 7) is 0. The lowest BCUT2D eigenvalue weighted by Gasteiger charge is -1.93. The molecule has 2 nitrogen and oxygen atoms in total. The van der Waals surface area contributed by atoms with Crippen molar-refractivity contribution < 1.29 is 9.59 Å². The fraction of sp³-hybridized carbons (Fsp3) is 0. The van der Waals surface area contributed by atoms with Gasteiger partial charge < -0.3 is 0 Å². The zero-order valence-electron chi connectivity index (χ0n) is 5.43. The number of hydrogen-bond acceptors (Lipinski definition) is 2. The molecule has 0 aliphatic carbocycles. The maximum absolute atomic E-state index is 10.2. The van der Waals surface area contributed by atoms with Crippen LogP contribution >= 0.6 is 15.9 Å². The Morgan fingerprint density at radius 1 is 1.18 bits per heavy atom. The molecule has 0 aromatic heterocycles. The monoisotopic (exact) mass is 210 g/mol. The van der Waals surface area contributed by atoms with E-state index in [0.717, 1.165) is 0 Å². The van der Waals surface area contributed by atoms with E-state index in [1.165, 1.54) is 18.2 Å². The lowest BCUT2D eigenvalue weighted by Crippen LogP contribution is -1.85. The van der Waals surface area contributed by atoms with Gasteiger partial charge in [-0.1, -0.05) is 22.0 Å². The molecule has 2 radical (unpaired) electrons. The van der Waals surface area contributed by atoms with E-state index in [-0.39, 0.29) is 0 Å². The summed E-state index contributed by atoms with van der Waals surface area (Å²) < 4.78 is 0.563. The summed E-state index contributed by atoms with van der Waals surface area (Å²) in [5, 5.41) is 0. The van der Waals surface area contributed by atoms with Crippen LogP contribution in [0.5, 0.6) is 0 Å². The van der Waals surface area contributed by atoms with Gasteiger partial charge in [0.15, 0.2) is 0 Å². The van der Waals surface area contributed by atoms with Gasteiger partial charge in [0.25, 0.3) is 0 Å². The molecule has 3 heteroatoms. The highest BCUT2D eigenvalue weighted by Crippen LogP contribution is 2.15. The van der Waals surface area contributed by atoms with Crippen LogP contribution in [0.2, 0.25) is 0 Å². The average Bonchev–Trinajstić information content (AvgIpc) is 2.04. The molecule has 0 amide bonds. The lowest BCUT2D eigenvalue weighted by molar-refractivity contribution is 0.561. The first-order valence-corrected chi connectivity index (χ1v) is 3.63. The molecule has 0 aliphatic rings. The number of benzene rings is 1. The molecule has 0 saturated heterocycles. The highest BCUT2D eigenvalue weighted by molar-refractivity contribution is 9.10. The van der Waals surface area contributed by atoms with Gasteiger partial charge >= 0.3 is 0 Å². The van der Waals surface area contributed by atoms with E-state index < -0.39 is 0 Å². The maximum atomic E-state index is 10.2. The van der Waals surface area contributed by atoms with E-state index in [0.29, 0.717) is 15.6 Å². The van der Waals surface area contributed by atoms with Crippen molar-refractivity contribution in [1.29, 1.82) is 0 Å². The second-order valence-corrected chi connectivity index (χ2v) is 2.75. The van der Waals surface area contributed by atoms with Gasteiger partial charge in [0.05, 0.1) is 0 Å². The van der Waals surface area contributed by atoms with Crippen LogP contribution in [-0.4, -0.2) is 12.6 Å². The summed E-state index contributed by atoms with van der Waals surface area (Å²) in [6.07, 6.45) is 3.43. The Labute approximate surface area is 72.4 Å². The van der Waals surface area contributed by atoms with Gasteiger partial charge in [0, 0.05) is 15.6 Å². The zero-order valence-corrected chi connectivity index (χ0v) is 7.01. The fourth-order valence-corrected chi connectivity index (χ4v) is 1.12. The maximum Gasteiger partial charge on any atom is 0.234 e.